The average molecular weight is 296 g/mol. The van der Waals surface area contributed by atoms with Crippen LogP contribution in [0.15, 0.2) is 48.5 Å². The molecule has 0 aromatic heterocycles. The second kappa shape index (κ2) is 5.37. The fourth-order valence-electron chi connectivity index (χ4n) is 2.85. The quantitative estimate of drug-likeness (QED) is 0.698. The molecule has 1 aliphatic heterocycles. The van der Waals surface area contributed by atoms with Crippen molar-refractivity contribution in [2.75, 3.05) is 23.7 Å². The molecule has 3 rings (SSSR count). The van der Waals surface area contributed by atoms with Crippen molar-refractivity contribution in [3.8, 4) is 5.75 Å². The summed E-state index contributed by atoms with van der Waals surface area (Å²) < 4.78 is 5.98. The Labute approximate surface area is 130 Å². The van der Waals surface area contributed by atoms with Crippen LogP contribution >= 0.6 is 0 Å². The van der Waals surface area contributed by atoms with Crippen LogP contribution < -0.4 is 15.4 Å². The number of hydrogen-bond donors (Lipinski definition) is 1. The Morgan fingerprint density at radius 1 is 1.18 bits per heavy atom. The van der Waals surface area contributed by atoms with Crippen LogP contribution in [-0.2, 0) is 0 Å². The summed E-state index contributed by atoms with van der Waals surface area (Å²) in [6.45, 7) is 4.93. The van der Waals surface area contributed by atoms with Gasteiger partial charge in [0, 0.05) is 5.56 Å². The maximum absolute atomic E-state index is 12.5. The molecular weight excluding hydrogens is 276 g/mol. The van der Waals surface area contributed by atoms with E-state index in [1.54, 1.807) is 0 Å². The van der Waals surface area contributed by atoms with Crippen molar-refractivity contribution < 1.29 is 9.53 Å². The molecule has 1 heterocycles. The summed E-state index contributed by atoms with van der Waals surface area (Å²) in [6, 6.07) is 14.9. The Hall–Kier alpha value is -2.49. The summed E-state index contributed by atoms with van der Waals surface area (Å²) in [5.74, 6) is 0.810. The Morgan fingerprint density at radius 2 is 1.91 bits per heavy atom. The van der Waals surface area contributed by atoms with Gasteiger partial charge in [-0.1, -0.05) is 36.4 Å². The molecule has 0 unspecified atom stereocenters. The molecule has 0 saturated carbocycles. The van der Waals surface area contributed by atoms with Crippen molar-refractivity contribution >= 4 is 17.2 Å². The molecule has 4 nitrogen and oxygen atoms in total. The van der Waals surface area contributed by atoms with Gasteiger partial charge in [0.05, 0.1) is 18.8 Å². The summed E-state index contributed by atoms with van der Waals surface area (Å²) in [7, 11) is 0. The number of nitrogens with two attached hydrogens (primary N) is 1. The monoisotopic (exact) mass is 296 g/mol. The van der Waals surface area contributed by atoms with Crippen LogP contribution in [0.3, 0.4) is 0 Å². The second-order valence-electron chi connectivity index (χ2n) is 6.20. The highest BCUT2D eigenvalue weighted by Gasteiger charge is 2.33. The number of ether oxygens (including phenoxy) is 1. The van der Waals surface area contributed by atoms with Crippen LogP contribution in [0, 0.1) is 0 Å². The van der Waals surface area contributed by atoms with Crippen molar-refractivity contribution in [2.24, 2.45) is 0 Å². The summed E-state index contributed by atoms with van der Waals surface area (Å²) in [6.07, 6.45) is 0. The van der Waals surface area contributed by atoms with Crippen molar-refractivity contribution in [1.29, 1.82) is 0 Å². The van der Waals surface area contributed by atoms with E-state index in [1.165, 1.54) is 0 Å². The number of benzene rings is 2. The van der Waals surface area contributed by atoms with Crippen LogP contribution in [0.1, 0.15) is 24.2 Å². The molecule has 2 aromatic carbocycles. The first-order valence-electron chi connectivity index (χ1n) is 7.37. The van der Waals surface area contributed by atoms with E-state index in [9.17, 15) is 4.79 Å². The van der Waals surface area contributed by atoms with Crippen LogP contribution in [0.25, 0.3) is 0 Å². The summed E-state index contributed by atoms with van der Waals surface area (Å²) >= 11 is 0. The van der Waals surface area contributed by atoms with E-state index in [0.717, 1.165) is 11.4 Å². The maximum Gasteiger partial charge on any atom is 0.182 e. The number of carbonyl (C=O) groups is 1. The zero-order valence-corrected chi connectivity index (χ0v) is 12.9. The Kier molecular flexibility index (Phi) is 3.53. The van der Waals surface area contributed by atoms with E-state index in [2.05, 4.69) is 0 Å². The normalized spacial score (nSPS) is 15.8. The van der Waals surface area contributed by atoms with Crippen molar-refractivity contribution in [1.82, 2.24) is 0 Å². The minimum atomic E-state index is -0.363. The molecule has 0 radical (unpaired) electrons. The number of Topliss-reactive ketones (excluding diaryl/α,β-unsaturated/α-hetero) is 1. The topological polar surface area (TPSA) is 55.6 Å². The van der Waals surface area contributed by atoms with Crippen LogP contribution in [-0.4, -0.2) is 24.5 Å². The Balaban J connectivity index is 1.92. The molecule has 4 heteroatoms. The zero-order valence-electron chi connectivity index (χ0n) is 12.9. The molecule has 0 spiro atoms. The van der Waals surface area contributed by atoms with Gasteiger partial charge in [-0.15, -0.1) is 0 Å². The van der Waals surface area contributed by atoms with Gasteiger partial charge >= 0.3 is 0 Å². The number of nitrogens with zero attached hydrogens (tertiary/aromatic N) is 1. The number of nitrogen functional groups attached to an aromatic ring is 1. The summed E-state index contributed by atoms with van der Waals surface area (Å²) in [5.41, 5.74) is 7.89. The van der Waals surface area contributed by atoms with E-state index in [1.807, 2.05) is 67.3 Å². The van der Waals surface area contributed by atoms with Crippen molar-refractivity contribution in [3.05, 3.63) is 54.1 Å². The summed E-state index contributed by atoms with van der Waals surface area (Å²) in [5, 5.41) is 0. The first-order chi connectivity index (χ1) is 10.5. The predicted octanol–water partition coefficient (Wildman–Crippen LogP) is 3.13. The Morgan fingerprint density at radius 3 is 2.64 bits per heavy atom. The van der Waals surface area contributed by atoms with E-state index in [4.69, 9.17) is 10.5 Å². The molecule has 0 bridgehead atoms. The smallest absolute Gasteiger partial charge is 0.182 e. The summed E-state index contributed by atoms with van der Waals surface area (Å²) in [4.78, 5) is 14.5. The van der Waals surface area contributed by atoms with Gasteiger partial charge in [0.25, 0.3) is 0 Å². The third-order valence-corrected chi connectivity index (χ3v) is 3.73. The SMILES string of the molecule is CC1(C)CN(CC(=O)c2ccccc2)c2c(N)cccc2O1. The lowest BCUT2D eigenvalue weighted by Crippen LogP contribution is -2.48. The number of rotatable bonds is 3. The first kappa shape index (κ1) is 14.4. The third kappa shape index (κ3) is 2.77. The number of anilines is 2. The van der Waals surface area contributed by atoms with Gasteiger partial charge in [-0.3, -0.25) is 4.79 Å². The minimum Gasteiger partial charge on any atom is -0.484 e. The number of fused-ring (bicyclic) bond motifs is 1. The second-order valence-corrected chi connectivity index (χ2v) is 6.20. The van der Waals surface area contributed by atoms with Gasteiger partial charge in [0.1, 0.15) is 17.0 Å². The minimum absolute atomic E-state index is 0.0764. The highest BCUT2D eigenvalue weighted by molar-refractivity contribution is 6.00. The standard InChI is InChI=1S/C18H20N2O2/c1-18(2)12-20(11-15(21)13-7-4-3-5-8-13)17-14(19)9-6-10-16(17)22-18/h3-10H,11-12,19H2,1-2H3. The molecule has 0 amide bonds. The van der Waals surface area contributed by atoms with Crippen LogP contribution in [0.4, 0.5) is 11.4 Å². The van der Waals surface area contributed by atoms with Gasteiger partial charge in [-0.25, -0.2) is 0 Å². The molecule has 1 aliphatic rings. The average Bonchev–Trinajstić information content (AvgIpc) is 2.46. The van der Waals surface area contributed by atoms with E-state index in [0.29, 0.717) is 17.8 Å². The lowest BCUT2D eigenvalue weighted by Gasteiger charge is -2.41. The molecule has 0 atom stereocenters. The van der Waals surface area contributed by atoms with Gasteiger partial charge in [0.2, 0.25) is 0 Å². The maximum atomic E-state index is 12.5. The Bertz CT molecular complexity index is 695. The highest BCUT2D eigenvalue weighted by atomic mass is 16.5. The molecule has 0 aliphatic carbocycles. The number of hydrogen-bond acceptors (Lipinski definition) is 4. The molecule has 22 heavy (non-hydrogen) atoms. The van der Waals surface area contributed by atoms with E-state index >= 15 is 0 Å². The predicted molar refractivity (Wildman–Crippen MR) is 88.5 cm³/mol. The number of para-hydroxylation sites is 1. The molecule has 2 aromatic rings. The lowest BCUT2D eigenvalue weighted by atomic mass is 10.0. The molecule has 0 fully saturated rings. The molecule has 0 saturated heterocycles. The van der Waals surface area contributed by atoms with Crippen LogP contribution in [0.5, 0.6) is 5.75 Å². The highest BCUT2D eigenvalue weighted by Crippen LogP contribution is 2.40. The van der Waals surface area contributed by atoms with Gasteiger partial charge in [-0.05, 0) is 26.0 Å². The van der Waals surface area contributed by atoms with Gasteiger partial charge < -0.3 is 15.4 Å². The van der Waals surface area contributed by atoms with Gasteiger partial charge in [0.15, 0.2) is 5.78 Å². The molecular formula is C18H20N2O2. The van der Waals surface area contributed by atoms with Crippen molar-refractivity contribution in [2.45, 2.75) is 19.4 Å². The first-order valence-corrected chi connectivity index (χ1v) is 7.37. The fraction of sp³-hybridized carbons (Fsp3) is 0.278. The number of ketones is 1. The lowest BCUT2D eigenvalue weighted by molar-refractivity contribution is 0.0942. The third-order valence-electron chi connectivity index (χ3n) is 3.73. The van der Waals surface area contributed by atoms with E-state index in [-0.39, 0.29) is 17.9 Å². The largest absolute Gasteiger partial charge is 0.484 e. The van der Waals surface area contributed by atoms with Crippen molar-refractivity contribution in [3.63, 3.8) is 0 Å². The molecule has 114 valence electrons. The zero-order chi connectivity index (χ0) is 15.7. The number of carbonyl (C=O) groups excluding carboxylic acids is 1. The fourth-order valence-corrected chi connectivity index (χ4v) is 2.85. The molecule has 2 N–H and O–H groups in total. The van der Waals surface area contributed by atoms with Gasteiger partial charge in [-0.2, -0.15) is 0 Å². The van der Waals surface area contributed by atoms with E-state index < -0.39 is 0 Å². The van der Waals surface area contributed by atoms with Crippen LogP contribution in [0.2, 0.25) is 0 Å².